The number of carbonyl (C=O) groups is 1. The van der Waals surface area contributed by atoms with Crippen LogP contribution in [-0.4, -0.2) is 16.9 Å². The van der Waals surface area contributed by atoms with E-state index in [9.17, 15) is 20.2 Å². The first-order chi connectivity index (χ1) is 13.9. The molecule has 7 nitrogen and oxygen atoms in total. The molecule has 1 aliphatic carbocycles. The van der Waals surface area contributed by atoms with Crippen LogP contribution in [0.2, 0.25) is 0 Å². The molecule has 0 radical (unpaired) electrons. The van der Waals surface area contributed by atoms with E-state index in [4.69, 9.17) is 4.42 Å². The summed E-state index contributed by atoms with van der Waals surface area (Å²) in [5.74, 6) is 0.765. The molecule has 3 rings (SSSR count). The highest BCUT2D eigenvalue weighted by molar-refractivity contribution is 6.01. The number of amides is 1. The molecule has 1 aromatic carbocycles. The van der Waals surface area contributed by atoms with Gasteiger partial charge in [-0.05, 0) is 43.4 Å². The van der Waals surface area contributed by atoms with Gasteiger partial charge in [-0.25, -0.2) is 0 Å². The quantitative estimate of drug-likeness (QED) is 0.341. The number of hydrogen-bond donors (Lipinski definition) is 1. The normalized spacial score (nSPS) is 19.4. The van der Waals surface area contributed by atoms with Gasteiger partial charge in [0.25, 0.3) is 11.6 Å². The number of nitriles is 1. The molecule has 2 atom stereocenters. The van der Waals surface area contributed by atoms with Crippen molar-refractivity contribution in [3.63, 3.8) is 0 Å². The van der Waals surface area contributed by atoms with Crippen LogP contribution in [0.4, 0.5) is 5.69 Å². The Labute approximate surface area is 169 Å². The van der Waals surface area contributed by atoms with Gasteiger partial charge in [0.05, 0.1) is 4.92 Å². The topological polar surface area (TPSA) is 109 Å². The first-order valence-electron chi connectivity index (χ1n) is 9.67. The molecule has 1 saturated carbocycles. The summed E-state index contributed by atoms with van der Waals surface area (Å²) in [5, 5.41) is 23.4. The molecule has 1 N–H and O–H groups in total. The molecule has 1 amide bonds. The lowest BCUT2D eigenvalue weighted by Gasteiger charge is -2.29. The molecule has 0 spiro atoms. The van der Waals surface area contributed by atoms with Gasteiger partial charge in [0.15, 0.2) is 0 Å². The van der Waals surface area contributed by atoms with Gasteiger partial charge in [0.2, 0.25) is 0 Å². The van der Waals surface area contributed by atoms with Crippen LogP contribution >= 0.6 is 0 Å². The molecule has 0 unspecified atom stereocenters. The van der Waals surface area contributed by atoms with Crippen molar-refractivity contribution < 1.29 is 14.1 Å². The van der Waals surface area contributed by atoms with Crippen molar-refractivity contribution in [3.05, 3.63) is 57.3 Å². The summed E-state index contributed by atoms with van der Waals surface area (Å²) in [6, 6.07) is 9.87. The number of aryl methyl sites for hydroxylation is 1. The van der Waals surface area contributed by atoms with E-state index < -0.39 is 10.8 Å². The van der Waals surface area contributed by atoms with Gasteiger partial charge in [0.1, 0.15) is 23.2 Å². The zero-order valence-corrected chi connectivity index (χ0v) is 16.5. The third kappa shape index (κ3) is 4.72. The number of rotatable bonds is 5. The summed E-state index contributed by atoms with van der Waals surface area (Å²) >= 11 is 0. The van der Waals surface area contributed by atoms with Crippen molar-refractivity contribution in [2.45, 2.75) is 45.6 Å². The van der Waals surface area contributed by atoms with E-state index in [1.807, 2.05) is 13.0 Å². The molecule has 150 valence electrons. The van der Waals surface area contributed by atoms with E-state index in [0.29, 0.717) is 23.0 Å². The lowest BCUT2D eigenvalue weighted by Crippen LogP contribution is -2.41. The van der Waals surface area contributed by atoms with Crippen LogP contribution in [-0.2, 0) is 4.79 Å². The fraction of sp³-hybridized carbons (Fsp3) is 0.364. The molecule has 2 aromatic rings. The van der Waals surface area contributed by atoms with E-state index in [2.05, 4.69) is 12.2 Å². The van der Waals surface area contributed by atoms with E-state index in [1.54, 1.807) is 18.2 Å². The van der Waals surface area contributed by atoms with E-state index in [-0.39, 0.29) is 17.3 Å². The molecule has 1 fully saturated rings. The fourth-order valence-corrected chi connectivity index (χ4v) is 3.63. The molecular formula is C22H23N3O4. The Morgan fingerprint density at radius 3 is 2.76 bits per heavy atom. The number of nitrogens with one attached hydrogen (secondary N) is 1. The smallest absolute Gasteiger partial charge is 0.270 e. The second-order valence-corrected chi connectivity index (χ2v) is 7.47. The standard InChI is InChI=1S/C22H23N3O4/c1-14-7-8-17(25(27)28)12-19(14)21-10-9-18(29-21)11-16(13-23)22(26)24-20-6-4-3-5-15(20)2/h7-12,15,20H,3-6H2,1-2H3,(H,24,26)/b16-11+/t15-,20+/m1/s1. The molecule has 0 saturated heterocycles. The lowest BCUT2D eigenvalue weighted by molar-refractivity contribution is -0.384. The van der Waals surface area contributed by atoms with E-state index >= 15 is 0 Å². The Morgan fingerprint density at radius 2 is 2.07 bits per heavy atom. The average Bonchev–Trinajstić information content (AvgIpc) is 3.16. The Morgan fingerprint density at radius 1 is 1.31 bits per heavy atom. The first kappa shape index (κ1) is 20.3. The zero-order chi connectivity index (χ0) is 21.0. The van der Waals surface area contributed by atoms with Crippen molar-refractivity contribution in [1.29, 1.82) is 5.26 Å². The van der Waals surface area contributed by atoms with Crippen molar-refractivity contribution in [2.75, 3.05) is 0 Å². The largest absolute Gasteiger partial charge is 0.457 e. The predicted octanol–water partition coefficient (Wildman–Crippen LogP) is 4.77. The summed E-state index contributed by atoms with van der Waals surface area (Å²) in [6.07, 6.45) is 5.63. The van der Waals surface area contributed by atoms with E-state index in [0.717, 1.165) is 24.8 Å². The summed E-state index contributed by atoms with van der Waals surface area (Å²) in [5.41, 5.74) is 1.36. The van der Waals surface area contributed by atoms with Crippen molar-refractivity contribution in [1.82, 2.24) is 5.32 Å². The molecule has 0 bridgehead atoms. The second-order valence-electron chi connectivity index (χ2n) is 7.47. The maximum atomic E-state index is 12.5. The van der Waals surface area contributed by atoms with Gasteiger partial charge < -0.3 is 9.73 Å². The van der Waals surface area contributed by atoms with Gasteiger partial charge in [-0.1, -0.05) is 25.8 Å². The number of nitro groups is 1. The van der Waals surface area contributed by atoms with Crippen LogP contribution in [0.15, 0.2) is 40.3 Å². The Hall–Kier alpha value is -3.40. The highest BCUT2D eigenvalue weighted by atomic mass is 16.6. The highest BCUT2D eigenvalue weighted by Crippen LogP contribution is 2.30. The van der Waals surface area contributed by atoms with Crippen molar-refractivity contribution in [2.24, 2.45) is 5.92 Å². The highest BCUT2D eigenvalue weighted by Gasteiger charge is 2.24. The predicted molar refractivity (Wildman–Crippen MR) is 109 cm³/mol. The van der Waals surface area contributed by atoms with Gasteiger partial charge in [-0.2, -0.15) is 5.26 Å². The van der Waals surface area contributed by atoms with Crippen LogP contribution in [0.3, 0.4) is 0 Å². The monoisotopic (exact) mass is 393 g/mol. The molecule has 7 heteroatoms. The summed E-state index contributed by atoms with van der Waals surface area (Å²) < 4.78 is 5.75. The summed E-state index contributed by atoms with van der Waals surface area (Å²) in [6.45, 7) is 3.94. The SMILES string of the molecule is Cc1ccc([N+](=O)[O-])cc1-c1ccc(/C=C(\C#N)C(=O)N[C@H]2CCCC[C@H]2C)o1. The maximum Gasteiger partial charge on any atom is 0.270 e. The van der Waals surface area contributed by atoms with Gasteiger partial charge in [-0.3, -0.25) is 14.9 Å². The zero-order valence-electron chi connectivity index (χ0n) is 16.5. The molecule has 0 aliphatic heterocycles. The number of non-ortho nitro benzene ring substituents is 1. The first-order valence-corrected chi connectivity index (χ1v) is 9.67. The Bertz CT molecular complexity index is 1000. The van der Waals surface area contributed by atoms with Gasteiger partial charge in [0, 0.05) is 29.8 Å². The van der Waals surface area contributed by atoms with E-state index in [1.165, 1.54) is 24.6 Å². The minimum atomic E-state index is -0.461. The van der Waals surface area contributed by atoms with Crippen LogP contribution in [0, 0.1) is 34.3 Å². The maximum absolute atomic E-state index is 12.5. The Balaban J connectivity index is 1.81. The molecule has 1 aromatic heterocycles. The second kappa shape index (κ2) is 8.74. The van der Waals surface area contributed by atoms with Gasteiger partial charge in [-0.15, -0.1) is 0 Å². The van der Waals surface area contributed by atoms with Gasteiger partial charge >= 0.3 is 0 Å². The summed E-state index contributed by atoms with van der Waals surface area (Å²) in [7, 11) is 0. The van der Waals surface area contributed by atoms with Crippen molar-refractivity contribution in [3.8, 4) is 17.4 Å². The number of hydrogen-bond acceptors (Lipinski definition) is 5. The number of furan rings is 1. The minimum Gasteiger partial charge on any atom is -0.457 e. The Kier molecular flexibility index (Phi) is 6.13. The van der Waals surface area contributed by atoms with Crippen LogP contribution in [0.25, 0.3) is 17.4 Å². The van der Waals surface area contributed by atoms with Crippen LogP contribution < -0.4 is 5.32 Å². The number of benzene rings is 1. The van der Waals surface area contributed by atoms with Crippen LogP contribution in [0.5, 0.6) is 0 Å². The molecular weight excluding hydrogens is 370 g/mol. The molecule has 1 heterocycles. The van der Waals surface area contributed by atoms with Crippen molar-refractivity contribution >= 4 is 17.7 Å². The summed E-state index contributed by atoms with van der Waals surface area (Å²) in [4.78, 5) is 23.1. The third-order valence-electron chi connectivity index (χ3n) is 5.40. The lowest BCUT2D eigenvalue weighted by atomic mass is 9.86. The average molecular weight is 393 g/mol. The molecule has 29 heavy (non-hydrogen) atoms. The van der Waals surface area contributed by atoms with Crippen LogP contribution in [0.1, 0.15) is 43.9 Å². The molecule has 1 aliphatic rings. The fourth-order valence-electron chi connectivity index (χ4n) is 3.63. The third-order valence-corrected chi connectivity index (χ3v) is 5.40. The number of nitro benzene ring substituents is 1. The number of nitrogens with zero attached hydrogens (tertiary/aromatic N) is 2. The minimum absolute atomic E-state index is 0.0283. The number of carbonyl (C=O) groups excluding carboxylic acids is 1.